The van der Waals surface area contributed by atoms with Crippen LogP contribution in [0.2, 0.25) is 5.02 Å². The Morgan fingerprint density at radius 3 is 2.59 bits per heavy atom. The Balaban J connectivity index is 1.46. The van der Waals surface area contributed by atoms with Gasteiger partial charge < -0.3 is 24.5 Å². The zero-order valence-electron chi connectivity index (χ0n) is 17.3. The summed E-state index contributed by atoms with van der Waals surface area (Å²) in [4.78, 5) is 25.5. The summed E-state index contributed by atoms with van der Waals surface area (Å²) in [7, 11) is 0. The van der Waals surface area contributed by atoms with Gasteiger partial charge in [0.15, 0.2) is 17.3 Å². The van der Waals surface area contributed by atoms with Gasteiger partial charge in [-0.15, -0.1) is 0 Å². The van der Waals surface area contributed by atoms with E-state index in [0.29, 0.717) is 36.2 Å². The molecular weight excluding hydrogens is 432 g/mol. The van der Waals surface area contributed by atoms with Gasteiger partial charge in [-0.1, -0.05) is 41.9 Å². The zero-order valence-corrected chi connectivity index (χ0v) is 18.1. The number of hydrogen-bond acceptors (Lipinski definition) is 5. The summed E-state index contributed by atoms with van der Waals surface area (Å²) in [5.74, 6) is 0.449. The third-order valence-corrected chi connectivity index (χ3v) is 5.26. The lowest BCUT2D eigenvalue weighted by atomic mass is 10.0. The molecule has 0 fully saturated rings. The van der Waals surface area contributed by atoms with E-state index in [1.807, 2.05) is 30.3 Å². The van der Waals surface area contributed by atoms with Gasteiger partial charge in [0.25, 0.3) is 5.91 Å². The van der Waals surface area contributed by atoms with Gasteiger partial charge in [-0.2, -0.15) is 0 Å². The van der Waals surface area contributed by atoms with Crippen LogP contribution < -0.4 is 20.1 Å². The molecule has 2 aromatic carbocycles. The van der Waals surface area contributed by atoms with E-state index in [4.69, 9.17) is 25.5 Å². The fourth-order valence-electron chi connectivity index (χ4n) is 3.39. The SMILES string of the molecule is O=C(N[C@@H](Cc1ccccc1)C(=O)NCc1cc(Cl)c2c(c1)OCCCO2)c1ccco1. The second-order valence-corrected chi connectivity index (χ2v) is 7.77. The molecule has 2 heterocycles. The fourth-order valence-corrected chi connectivity index (χ4v) is 3.68. The van der Waals surface area contributed by atoms with Gasteiger partial charge >= 0.3 is 0 Å². The Morgan fingerprint density at radius 2 is 1.81 bits per heavy atom. The number of halogens is 1. The van der Waals surface area contributed by atoms with Crippen molar-refractivity contribution in [1.29, 1.82) is 0 Å². The van der Waals surface area contributed by atoms with E-state index >= 15 is 0 Å². The van der Waals surface area contributed by atoms with Gasteiger partial charge in [0, 0.05) is 19.4 Å². The van der Waals surface area contributed by atoms with Crippen LogP contribution in [0.3, 0.4) is 0 Å². The largest absolute Gasteiger partial charge is 0.489 e. The minimum Gasteiger partial charge on any atom is -0.489 e. The molecule has 0 bridgehead atoms. The summed E-state index contributed by atoms with van der Waals surface area (Å²) >= 11 is 6.35. The highest BCUT2D eigenvalue weighted by molar-refractivity contribution is 6.32. The van der Waals surface area contributed by atoms with Gasteiger partial charge in [-0.25, -0.2) is 0 Å². The number of nitrogens with one attached hydrogen (secondary N) is 2. The van der Waals surface area contributed by atoms with E-state index in [9.17, 15) is 9.59 Å². The molecule has 1 aliphatic heterocycles. The van der Waals surface area contributed by atoms with Gasteiger partial charge in [-0.05, 0) is 35.4 Å². The van der Waals surface area contributed by atoms with Crippen LogP contribution >= 0.6 is 11.6 Å². The summed E-state index contributed by atoms with van der Waals surface area (Å²) in [6.45, 7) is 1.30. The van der Waals surface area contributed by atoms with E-state index in [2.05, 4.69) is 10.6 Å². The third-order valence-electron chi connectivity index (χ3n) is 4.98. The molecule has 166 valence electrons. The van der Waals surface area contributed by atoms with Crippen molar-refractivity contribution in [3.63, 3.8) is 0 Å². The lowest BCUT2D eigenvalue weighted by molar-refractivity contribution is -0.123. The summed E-state index contributed by atoms with van der Waals surface area (Å²) < 4.78 is 16.5. The average Bonchev–Trinajstić information content (AvgIpc) is 3.24. The predicted octanol–water partition coefficient (Wildman–Crippen LogP) is 3.75. The van der Waals surface area contributed by atoms with Crippen LogP contribution in [0.15, 0.2) is 65.3 Å². The highest BCUT2D eigenvalue weighted by atomic mass is 35.5. The smallest absolute Gasteiger partial charge is 0.287 e. The van der Waals surface area contributed by atoms with Crippen molar-refractivity contribution in [1.82, 2.24) is 10.6 Å². The third kappa shape index (κ3) is 5.42. The number of carbonyl (C=O) groups excluding carboxylic acids is 2. The van der Waals surface area contributed by atoms with E-state index < -0.39 is 11.9 Å². The normalized spacial score (nSPS) is 13.7. The number of furan rings is 1. The monoisotopic (exact) mass is 454 g/mol. The van der Waals surface area contributed by atoms with Crippen LogP contribution in [0.1, 0.15) is 28.1 Å². The predicted molar refractivity (Wildman–Crippen MR) is 119 cm³/mol. The Bertz CT molecular complexity index is 1070. The molecule has 2 amide bonds. The summed E-state index contributed by atoms with van der Waals surface area (Å²) in [6.07, 6.45) is 2.52. The van der Waals surface area contributed by atoms with Crippen LogP contribution in [0.4, 0.5) is 0 Å². The molecule has 32 heavy (non-hydrogen) atoms. The number of carbonyl (C=O) groups is 2. The number of hydrogen-bond donors (Lipinski definition) is 2. The molecule has 0 radical (unpaired) electrons. The molecule has 0 aliphatic carbocycles. The van der Waals surface area contributed by atoms with E-state index in [1.165, 1.54) is 6.26 Å². The molecule has 8 heteroatoms. The molecule has 1 atom stereocenters. The Labute approximate surface area is 190 Å². The van der Waals surface area contributed by atoms with Crippen molar-refractivity contribution in [2.45, 2.75) is 25.4 Å². The number of fused-ring (bicyclic) bond motifs is 1. The standard InChI is InChI=1S/C24H23ClN2O5/c25-18-12-17(14-21-22(18)32-11-5-10-31-21)15-26-23(28)19(13-16-6-2-1-3-7-16)27-24(29)20-8-4-9-30-20/h1-4,6-9,12,14,19H,5,10-11,13,15H2,(H,26,28)(H,27,29)/t19-/m0/s1. The molecule has 7 nitrogen and oxygen atoms in total. The lowest BCUT2D eigenvalue weighted by Crippen LogP contribution is -2.47. The van der Waals surface area contributed by atoms with Gasteiger partial charge in [-0.3, -0.25) is 9.59 Å². The quantitative estimate of drug-likeness (QED) is 0.567. The maximum atomic E-state index is 13.0. The number of amides is 2. The zero-order chi connectivity index (χ0) is 22.3. The Hall–Kier alpha value is -3.45. The maximum Gasteiger partial charge on any atom is 0.287 e. The van der Waals surface area contributed by atoms with Crippen molar-refractivity contribution in [3.05, 3.63) is 82.8 Å². The molecule has 2 N–H and O–H groups in total. The van der Waals surface area contributed by atoms with Gasteiger partial charge in [0.2, 0.25) is 5.91 Å². The lowest BCUT2D eigenvalue weighted by Gasteiger charge is -2.19. The number of ether oxygens (including phenoxy) is 2. The van der Waals surface area contributed by atoms with Crippen LogP contribution in [0, 0.1) is 0 Å². The van der Waals surface area contributed by atoms with Crippen LogP contribution in [-0.4, -0.2) is 31.1 Å². The van der Waals surface area contributed by atoms with Crippen molar-refractivity contribution < 1.29 is 23.5 Å². The molecule has 0 spiro atoms. The van der Waals surface area contributed by atoms with Crippen LogP contribution in [-0.2, 0) is 17.8 Å². The summed E-state index contributed by atoms with van der Waals surface area (Å²) in [5, 5.41) is 6.07. The second kappa shape index (κ2) is 10.2. The van der Waals surface area contributed by atoms with Gasteiger partial charge in [0.1, 0.15) is 6.04 Å². The van der Waals surface area contributed by atoms with E-state index in [1.54, 1.807) is 24.3 Å². The fraction of sp³-hybridized carbons (Fsp3) is 0.250. The minimum atomic E-state index is -0.786. The number of benzene rings is 2. The van der Waals surface area contributed by atoms with E-state index in [-0.39, 0.29) is 18.2 Å². The molecule has 4 rings (SSSR count). The van der Waals surface area contributed by atoms with Crippen molar-refractivity contribution in [2.24, 2.45) is 0 Å². The molecule has 1 aromatic heterocycles. The second-order valence-electron chi connectivity index (χ2n) is 7.37. The highest BCUT2D eigenvalue weighted by Gasteiger charge is 2.23. The molecule has 0 saturated heterocycles. The first-order chi connectivity index (χ1) is 15.6. The van der Waals surface area contributed by atoms with Crippen LogP contribution in [0.25, 0.3) is 0 Å². The molecule has 0 unspecified atom stereocenters. The topological polar surface area (TPSA) is 89.8 Å². The van der Waals surface area contributed by atoms with E-state index in [0.717, 1.165) is 17.5 Å². The first kappa shape index (κ1) is 21.8. The molecule has 0 saturated carbocycles. The Kier molecular flexibility index (Phi) is 6.97. The molecule has 3 aromatic rings. The van der Waals surface area contributed by atoms with Gasteiger partial charge in [0.05, 0.1) is 24.5 Å². The van der Waals surface area contributed by atoms with Crippen molar-refractivity contribution >= 4 is 23.4 Å². The minimum absolute atomic E-state index is 0.144. The van der Waals surface area contributed by atoms with Crippen molar-refractivity contribution in [2.75, 3.05) is 13.2 Å². The summed E-state index contributed by atoms with van der Waals surface area (Å²) in [5.41, 5.74) is 1.69. The molecule has 1 aliphatic rings. The molecular formula is C24H23ClN2O5. The first-order valence-corrected chi connectivity index (χ1v) is 10.7. The first-order valence-electron chi connectivity index (χ1n) is 10.3. The Morgan fingerprint density at radius 1 is 1.00 bits per heavy atom. The summed E-state index contributed by atoms with van der Waals surface area (Å²) in [6, 6.07) is 15.4. The highest BCUT2D eigenvalue weighted by Crippen LogP contribution is 2.37. The average molecular weight is 455 g/mol. The van der Waals surface area contributed by atoms with Crippen molar-refractivity contribution in [3.8, 4) is 11.5 Å². The maximum absolute atomic E-state index is 13.0. The number of rotatable bonds is 7. The van der Waals surface area contributed by atoms with Crippen LogP contribution in [0.5, 0.6) is 11.5 Å².